The van der Waals surface area contributed by atoms with E-state index in [-0.39, 0.29) is 5.91 Å². The average molecular weight is 390 g/mol. The Hall–Kier alpha value is -3.15. The molecule has 0 aliphatic carbocycles. The quantitative estimate of drug-likeness (QED) is 0.721. The number of anilines is 1. The summed E-state index contributed by atoms with van der Waals surface area (Å²) in [5, 5.41) is 3.54. The number of hydrogen-bond acceptors (Lipinski definition) is 5. The molecular formula is C23H26N4O2. The summed E-state index contributed by atoms with van der Waals surface area (Å²) in [6.07, 6.45) is 2.16. The van der Waals surface area contributed by atoms with Gasteiger partial charge in [0, 0.05) is 24.7 Å². The first-order chi connectivity index (χ1) is 14.1. The first-order valence-electron chi connectivity index (χ1n) is 10.0. The highest BCUT2D eigenvalue weighted by Crippen LogP contribution is 2.22. The fraction of sp³-hybridized carbons (Fsp3) is 0.348. The molecule has 0 unspecified atom stereocenters. The summed E-state index contributed by atoms with van der Waals surface area (Å²) in [6.45, 7) is 3.46. The van der Waals surface area contributed by atoms with Crippen LogP contribution in [0.5, 0.6) is 5.75 Å². The van der Waals surface area contributed by atoms with E-state index in [1.807, 2.05) is 60.4 Å². The summed E-state index contributed by atoms with van der Waals surface area (Å²) < 4.78 is 5.37. The second-order valence-electron chi connectivity index (χ2n) is 7.43. The number of aromatic nitrogens is 2. The van der Waals surface area contributed by atoms with Gasteiger partial charge >= 0.3 is 0 Å². The smallest absolute Gasteiger partial charge is 0.227 e. The maximum Gasteiger partial charge on any atom is 0.227 e. The Bertz CT molecular complexity index is 1010. The van der Waals surface area contributed by atoms with E-state index in [0.29, 0.717) is 12.5 Å². The van der Waals surface area contributed by atoms with Crippen molar-refractivity contribution in [2.24, 2.45) is 0 Å². The van der Waals surface area contributed by atoms with E-state index in [0.717, 1.165) is 59.8 Å². The maximum atomic E-state index is 12.7. The molecule has 3 aromatic rings. The van der Waals surface area contributed by atoms with Crippen molar-refractivity contribution < 1.29 is 9.53 Å². The lowest BCUT2D eigenvalue weighted by Gasteiger charge is -2.33. The van der Waals surface area contributed by atoms with E-state index >= 15 is 0 Å². The van der Waals surface area contributed by atoms with Crippen LogP contribution < -0.4 is 10.1 Å². The Morgan fingerprint density at radius 1 is 1.07 bits per heavy atom. The Kier molecular flexibility index (Phi) is 5.60. The number of methoxy groups -OCH3 is 1. The van der Waals surface area contributed by atoms with Gasteiger partial charge in [0.1, 0.15) is 11.6 Å². The van der Waals surface area contributed by atoms with Gasteiger partial charge in [-0.3, -0.25) is 4.79 Å². The van der Waals surface area contributed by atoms with Gasteiger partial charge in [-0.15, -0.1) is 0 Å². The zero-order valence-corrected chi connectivity index (χ0v) is 16.9. The van der Waals surface area contributed by atoms with E-state index in [2.05, 4.69) is 10.3 Å². The minimum Gasteiger partial charge on any atom is -0.496 e. The van der Waals surface area contributed by atoms with Crippen molar-refractivity contribution in [3.63, 3.8) is 0 Å². The number of piperidine rings is 1. The number of benzene rings is 2. The van der Waals surface area contributed by atoms with Crippen LogP contribution in [0.3, 0.4) is 0 Å². The van der Waals surface area contributed by atoms with E-state index in [9.17, 15) is 4.79 Å². The Labute approximate surface area is 170 Å². The number of hydrogen-bond donors (Lipinski definition) is 1. The highest BCUT2D eigenvalue weighted by molar-refractivity contribution is 5.79. The molecule has 0 bridgehead atoms. The normalized spacial score (nSPS) is 14.8. The first-order valence-corrected chi connectivity index (χ1v) is 10.0. The molecule has 1 aliphatic heterocycles. The first kappa shape index (κ1) is 19.2. The van der Waals surface area contributed by atoms with Gasteiger partial charge < -0.3 is 15.0 Å². The number of amides is 1. The highest BCUT2D eigenvalue weighted by Gasteiger charge is 2.24. The molecule has 1 amide bonds. The van der Waals surface area contributed by atoms with Crippen molar-refractivity contribution in [3.05, 3.63) is 59.8 Å². The van der Waals surface area contributed by atoms with Crippen molar-refractivity contribution >= 4 is 22.8 Å². The van der Waals surface area contributed by atoms with Crippen LogP contribution in [0.4, 0.5) is 5.82 Å². The van der Waals surface area contributed by atoms with Gasteiger partial charge in [-0.2, -0.15) is 0 Å². The molecule has 0 saturated carbocycles. The predicted molar refractivity (Wildman–Crippen MR) is 114 cm³/mol. The number of ether oxygens (including phenoxy) is 1. The minimum absolute atomic E-state index is 0.148. The summed E-state index contributed by atoms with van der Waals surface area (Å²) >= 11 is 0. The van der Waals surface area contributed by atoms with Crippen LogP contribution in [0.25, 0.3) is 11.0 Å². The van der Waals surface area contributed by atoms with Crippen molar-refractivity contribution in [2.45, 2.75) is 32.2 Å². The molecule has 6 nitrogen and oxygen atoms in total. The Balaban J connectivity index is 1.36. The standard InChI is InChI=1S/C23H26N4O2/c1-16-23(26-20-9-5-4-8-19(20)24-16)25-18-11-13-27(14-12-18)22(28)15-17-7-3-6-10-21(17)29-2/h3-10,18H,11-15H2,1-2H3,(H,25,26). The number of carbonyl (C=O) groups excluding carboxylic acids is 1. The van der Waals surface area contributed by atoms with Gasteiger partial charge in [-0.05, 0) is 38.0 Å². The van der Waals surface area contributed by atoms with Crippen LogP contribution in [0, 0.1) is 6.92 Å². The lowest BCUT2D eigenvalue weighted by Crippen LogP contribution is -2.43. The molecule has 1 N–H and O–H groups in total. The molecule has 2 aromatic carbocycles. The molecule has 0 radical (unpaired) electrons. The molecule has 0 spiro atoms. The third kappa shape index (κ3) is 4.31. The van der Waals surface area contributed by atoms with Crippen LogP contribution in [0.1, 0.15) is 24.1 Å². The summed E-state index contributed by atoms with van der Waals surface area (Å²) in [5.41, 5.74) is 3.64. The summed E-state index contributed by atoms with van der Waals surface area (Å²) in [4.78, 5) is 24.1. The van der Waals surface area contributed by atoms with Crippen molar-refractivity contribution in [1.29, 1.82) is 0 Å². The second kappa shape index (κ2) is 8.47. The molecule has 1 fully saturated rings. The zero-order valence-electron chi connectivity index (χ0n) is 16.9. The van der Waals surface area contributed by atoms with E-state index in [4.69, 9.17) is 9.72 Å². The summed E-state index contributed by atoms with van der Waals surface area (Å²) in [6, 6.07) is 15.9. The highest BCUT2D eigenvalue weighted by atomic mass is 16.5. The number of para-hydroxylation sites is 3. The topological polar surface area (TPSA) is 67.3 Å². The molecule has 1 saturated heterocycles. The molecule has 4 rings (SSSR count). The van der Waals surface area contributed by atoms with Gasteiger partial charge in [0.25, 0.3) is 0 Å². The van der Waals surface area contributed by atoms with Gasteiger partial charge in [0.05, 0.1) is 30.3 Å². The van der Waals surface area contributed by atoms with Gasteiger partial charge in [0.15, 0.2) is 0 Å². The molecular weight excluding hydrogens is 364 g/mol. The summed E-state index contributed by atoms with van der Waals surface area (Å²) in [7, 11) is 1.64. The van der Waals surface area contributed by atoms with E-state index in [1.54, 1.807) is 7.11 Å². The number of likely N-dealkylation sites (tertiary alicyclic amines) is 1. The second-order valence-corrected chi connectivity index (χ2v) is 7.43. The van der Waals surface area contributed by atoms with Crippen LogP contribution in [-0.4, -0.2) is 47.0 Å². The molecule has 1 aromatic heterocycles. The fourth-order valence-corrected chi connectivity index (χ4v) is 3.82. The number of nitrogens with zero attached hydrogens (tertiary/aromatic N) is 3. The van der Waals surface area contributed by atoms with E-state index < -0.39 is 0 Å². The van der Waals surface area contributed by atoms with Crippen molar-refractivity contribution in [3.8, 4) is 5.75 Å². The number of fused-ring (bicyclic) bond motifs is 1. The largest absolute Gasteiger partial charge is 0.496 e. The van der Waals surface area contributed by atoms with Crippen LogP contribution >= 0.6 is 0 Å². The van der Waals surface area contributed by atoms with E-state index in [1.165, 1.54) is 0 Å². The third-order valence-electron chi connectivity index (χ3n) is 5.47. The van der Waals surface area contributed by atoms with Crippen molar-refractivity contribution in [2.75, 3.05) is 25.5 Å². The SMILES string of the molecule is COc1ccccc1CC(=O)N1CCC(Nc2nc3ccccc3nc2C)CC1. The predicted octanol–water partition coefficient (Wildman–Crippen LogP) is 3.59. The summed E-state index contributed by atoms with van der Waals surface area (Å²) in [5.74, 6) is 1.75. The lowest BCUT2D eigenvalue weighted by molar-refractivity contribution is -0.131. The van der Waals surface area contributed by atoms with Crippen LogP contribution in [0.15, 0.2) is 48.5 Å². The molecule has 150 valence electrons. The fourth-order valence-electron chi connectivity index (χ4n) is 3.82. The van der Waals surface area contributed by atoms with Crippen LogP contribution in [0.2, 0.25) is 0 Å². The van der Waals surface area contributed by atoms with Gasteiger partial charge in [-0.1, -0.05) is 30.3 Å². The van der Waals surface area contributed by atoms with Gasteiger partial charge in [0.2, 0.25) is 5.91 Å². The molecule has 6 heteroatoms. The molecule has 29 heavy (non-hydrogen) atoms. The zero-order chi connectivity index (χ0) is 20.2. The average Bonchev–Trinajstić information content (AvgIpc) is 2.75. The maximum absolute atomic E-state index is 12.7. The Morgan fingerprint density at radius 3 is 2.45 bits per heavy atom. The molecule has 0 atom stereocenters. The van der Waals surface area contributed by atoms with Crippen molar-refractivity contribution in [1.82, 2.24) is 14.9 Å². The Morgan fingerprint density at radius 2 is 1.72 bits per heavy atom. The number of rotatable bonds is 5. The lowest BCUT2D eigenvalue weighted by atomic mass is 10.0. The molecule has 2 heterocycles. The molecule has 1 aliphatic rings. The minimum atomic E-state index is 0.148. The monoisotopic (exact) mass is 390 g/mol. The number of aryl methyl sites for hydroxylation is 1. The van der Waals surface area contributed by atoms with Crippen LogP contribution in [-0.2, 0) is 11.2 Å². The number of carbonyl (C=O) groups is 1. The third-order valence-corrected chi connectivity index (χ3v) is 5.47. The van der Waals surface area contributed by atoms with Gasteiger partial charge in [-0.25, -0.2) is 9.97 Å². The number of nitrogens with one attached hydrogen (secondary N) is 1.